The molecule has 6 nitrogen and oxygen atoms in total. The average Bonchev–Trinajstić information content (AvgIpc) is 2.72. The van der Waals surface area contributed by atoms with E-state index in [1.165, 1.54) is 0 Å². The zero-order chi connectivity index (χ0) is 16.4. The van der Waals surface area contributed by atoms with Crippen LogP contribution in [0, 0.1) is 10.8 Å². The Hall–Kier alpha value is -1.72. The van der Waals surface area contributed by atoms with Crippen LogP contribution in [0.15, 0.2) is 0 Å². The van der Waals surface area contributed by atoms with Gasteiger partial charge in [0.25, 0.3) is 0 Å². The third-order valence-electron chi connectivity index (χ3n) is 4.40. The van der Waals surface area contributed by atoms with Crippen LogP contribution in [0.25, 0.3) is 0 Å². The molecule has 3 aliphatic rings. The minimum absolute atomic E-state index is 0.00752. The largest absolute Gasteiger partial charge is 0.393 e. The molecule has 0 radical (unpaired) electrons. The fourth-order valence-corrected chi connectivity index (χ4v) is 3.40. The van der Waals surface area contributed by atoms with Crippen molar-refractivity contribution in [3.8, 4) is 0 Å². The van der Waals surface area contributed by atoms with Crippen molar-refractivity contribution in [2.75, 3.05) is 0 Å². The summed E-state index contributed by atoms with van der Waals surface area (Å²) >= 11 is 0. The highest BCUT2D eigenvalue weighted by Gasteiger charge is 2.42. The molecule has 0 aromatic heterocycles. The maximum atomic E-state index is 11.0. The van der Waals surface area contributed by atoms with E-state index in [-0.39, 0.29) is 22.8 Å². The maximum absolute atomic E-state index is 11.0. The van der Waals surface area contributed by atoms with Crippen LogP contribution in [0.3, 0.4) is 0 Å². The van der Waals surface area contributed by atoms with Gasteiger partial charge in [-0.3, -0.25) is 19.2 Å². The van der Waals surface area contributed by atoms with Gasteiger partial charge in [-0.1, -0.05) is 26.7 Å². The lowest BCUT2D eigenvalue weighted by Gasteiger charge is -2.30. The monoisotopic (exact) mass is 310 g/mol. The summed E-state index contributed by atoms with van der Waals surface area (Å²) in [4.78, 5) is 43.3. The van der Waals surface area contributed by atoms with Gasteiger partial charge in [0.2, 0.25) is 0 Å². The minimum Gasteiger partial charge on any atom is -0.393 e. The van der Waals surface area contributed by atoms with Crippen LogP contribution in [0.4, 0.5) is 0 Å². The molecule has 2 heterocycles. The van der Waals surface area contributed by atoms with Crippen molar-refractivity contribution in [3.05, 3.63) is 0 Å². The number of cyclic esters (lactones) is 4. The molecule has 22 heavy (non-hydrogen) atoms. The van der Waals surface area contributed by atoms with Crippen LogP contribution < -0.4 is 0 Å². The van der Waals surface area contributed by atoms with Gasteiger partial charge in [-0.15, -0.1) is 0 Å². The highest BCUT2D eigenvalue weighted by Crippen LogP contribution is 2.46. The summed E-state index contributed by atoms with van der Waals surface area (Å²) in [6.07, 6.45) is 5.96. The molecule has 0 atom stereocenters. The predicted octanol–water partition coefficient (Wildman–Crippen LogP) is 2.29. The van der Waals surface area contributed by atoms with Gasteiger partial charge in [-0.2, -0.15) is 0 Å². The lowest BCUT2D eigenvalue weighted by atomic mass is 9.78. The third kappa shape index (κ3) is 4.39. The van der Waals surface area contributed by atoms with Gasteiger partial charge in [0.15, 0.2) is 0 Å². The summed E-state index contributed by atoms with van der Waals surface area (Å²) in [5, 5.41) is 0. The van der Waals surface area contributed by atoms with Crippen molar-refractivity contribution >= 4 is 23.9 Å². The Morgan fingerprint density at radius 1 is 0.682 bits per heavy atom. The topological polar surface area (TPSA) is 86.7 Å². The van der Waals surface area contributed by atoms with Crippen LogP contribution in [0.5, 0.6) is 0 Å². The van der Waals surface area contributed by atoms with E-state index in [0.29, 0.717) is 25.7 Å². The van der Waals surface area contributed by atoms with E-state index >= 15 is 0 Å². The number of carbonyl (C=O) groups excluding carboxylic acids is 4. The first kappa shape index (κ1) is 16.6. The van der Waals surface area contributed by atoms with Gasteiger partial charge >= 0.3 is 23.9 Å². The Kier molecular flexibility index (Phi) is 4.68. The smallest absolute Gasteiger partial charge is 0.314 e. The number of carbonyl (C=O) groups is 4. The van der Waals surface area contributed by atoms with E-state index < -0.39 is 11.9 Å². The lowest BCUT2D eigenvalue weighted by Crippen LogP contribution is -2.33. The Balaban J connectivity index is 0.000000164. The first-order chi connectivity index (χ1) is 10.2. The Morgan fingerprint density at radius 2 is 1.05 bits per heavy atom. The first-order valence-corrected chi connectivity index (χ1v) is 7.67. The van der Waals surface area contributed by atoms with Crippen molar-refractivity contribution in [1.29, 1.82) is 0 Å². The van der Waals surface area contributed by atoms with Crippen molar-refractivity contribution in [1.82, 2.24) is 0 Å². The number of ether oxygens (including phenoxy) is 2. The third-order valence-corrected chi connectivity index (χ3v) is 4.40. The summed E-state index contributed by atoms with van der Waals surface area (Å²) < 4.78 is 8.84. The Labute approximate surface area is 129 Å². The van der Waals surface area contributed by atoms with E-state index in [9.17, 15) is 19.2 Å². The molecular weight excluding hydrogens is 288 g/mol. The Bertz CT molecular complexity index is 463. The number of hydrogen-bond acceptors (Lipinski definition) is 6. The van der Waals surface area contributed by atoms with Crippen LogP contribution in [-0.2, 0) is 28.7 Å². The molecule has 3 rings (SSSR count). The van der Waals surface area contributed by atoms with Gasteiger partial charge in [0.05, 0.1) is 25.7 Å². The molecule has 122 valence electrons. The first-order valence-electron chi connectivity index (χ1n) is 7.67. The summed E-state index contributed by atoms with van der Waals surface area (Å²) in [6, 6.07) is 0. The summed E-state index contributed by atoms with van der Waals surface area (Å²) in [5.41, 5.74) is -0.209. The second-order valence-electron chi connectivity index (χ2n) is 7.27. The molecule has 0 unspecified atom stereocenters. The summed E-state index contributed by atoms with van der Waals surface area (Å²) in [7, 11) is 0. The second-order valence-corrected chi connectivity index (χ2v) is 7.27. The van der Waals surface area contributed by atoms with Crippen LogP contribution in [0.1, 0.15) is 65.2 Å². The second kappa shape index (κ2) is 6.18. The van der Waals surface area contributed by atoms with Gasteiger partial charge in [0, 0.05) is 0 Å². The van der Waals surface area contributed by atoms with Crippen LogP contribution >= 0.6 is 0 Å². The molecular formula is C16H22O6. The maximum Gasteiger partial charge on any atom is 0.314 e. The van der Waals surface area contributed by atoms with Crippen molar-refractivity contribution in [3.63, 3.8) is 0 Å². The number of esters is 4. The highest BCUT2D eigenvalue weighted by molar-refractivity contribution is 5.89. The van der Waals surface area contributed by atoms with Gasteiger partial charge < -0.3 is 9.47 Å². The quantitative estimate of drug-likeness (QED) is 0.504. The van der Waals surface area contributed by atoms with Gasteiger partial charge in [-0.05, 0) is 23.7 Å². The average molecular weight is 310 g/mol. The van der Waals surface area contributed by atoms with E-state index in [1.807, 2.05) is 13.8 Å². The molecule has 0 aromatic rings. The Morgan fingerprint density at radius 3 is 1.41 bits per heavy atom. The molecule has 0 N–H and O–H groups in total. The van der Waals surface area contributed by atoms with E-state index in [1.54, 1.807) is 0 Å². The van der Waals surface area contributed by atoms with E-state index in [0.717, 1.165) is 25.7 Å². The molecule has 1 saturated carbocycles. The SMILES string of the molecule is CC1(C)CC(=O)OC(=O)C1.O=C1CC2(CCCC2)CC(=O)O1. The normalized spacial score (nSPS) is 26.1. The molecule has 1 spiro atoms. The number of rotatable bonds is 0. The lowest BCUT2D eigenvalue weighted by molar-refractivity contribution is -0.170. The zero-order valence-corrected chi connectivity index (χ0v) is 13.1. The predicted molar refractivity (Wildman–Crippen MR) is 75.3 cm³/mol. The highest BCUT2D eigenvalue weighted by atomic mass is 16.6. The molecule has 0 bridgehead atoms. The molecule has 2 saturated heterocycles. The molecule has 2 aliphatic heterocycles. The van der Waals surface area contributed by atoms with Crippen molar-refractivity contribution in [2.45, 2.75) is 65.2 Å². The van der Waals surface area contributed by atoms with Gasteiger partial charge in [-0.25, -0.2) is 0 Å². The summed E-state index contributed by atoms with van der Waals surface area (Å²) in [5.74, 6) is -1.45. The molecule has 1 aliphatic carbocycles. The zero-order valence-electron chi connectivity index (χ0n) is 13.1. The number of hydrogen-bond donors (Lipinski definition) is 0. The fraction of sp³-hybridized carbons (Fsp3) is 0.750. The van der Waals surface area contributed by atoms with Gasteiger partial charge in [0.1, 0.15) is 0 Å². The van der Waals surface area contributed by atoms with Crippen molar-refractivity contribution in [2.24, 2.45) is 10.8 Å². The molecule has 0 amide bonds. The van der Waals surface area contributed by atoms with Crippen molar-refractivity contribution < 1.29 is 28.7 Å². The van der Waals surface area contributed by atoms with Crippen LogP contribution in [-0.4, -0.2) is 23.9 Å². The van der Waals surface area contributed by atoms with E-state index in [4.69, 9.17) is 0 Å². The minimum atomic E-state index is -0.402. The fourth-order valence-electron chi connectivity index (χ4n) is 3.40. The standard InChI is InChI=1S/C9H12O3.C7H10O3/c10-7-5-9(3-1-2-4-9)6-8(11)12-7;1-7(2)3-5(8)10-6(9)4-7/h1-6H2;3-4H2,1-2H3. The van der Waals surface area contributed by atoms with E-state index in [2.05, 4.69) is 9.47 Å². The van der Waals surface area contributed by atoms with Crippen LogP contribution in [0.2, 0.25) is 0 Å². The molecule has 6 heteroatoms. The summed E-state index contributed by atoms with van der Waals surface area (Å²) in [6.45, 7) is 3.76. The molecule has 0 aromatic carbocycles. The molecule has 3 fully saturated rings.